The van der Waals surface area contributed by atoms with Crippen LogP contribution >= 0.6 is 46.3 Å². The van der Waals surface area contributed by atoms with Crippen LogP contribution in [-0.4, -0.2) is 21.9 Å². The first-order chi connectivity index (χ1) is 11.6. The standard InChI is InChI=1S/C15H10Cl2N2O3S2/c16-10-1-2-11(17)12(5-10)24-8-14(20)21-6-13-18-15(19-22-13)9-3-4-23-7-9/h1-5,7H,6,8H2. The van der Waals surface area contributed by atoms with Crippen LogP contribution in [0.5, 0.6) is 0 Å². The van der Waals surface area contributed by atoms with Crippen molar-refractivity contribution < 1.29 is 14.1 Å². The van der Waals surface area contributed by atoms with E-state index in [4.69, 9.17) is 32.5 Å². The van der Waals surface area contributed by atoms with Gasteiger partial charge in [-0.3, -0.25) is 4.79 Å². The maximum Gasteiger partial charge on any atom is 0.316 e. The molecule has 0 aliphatic heterocycles. The van der Waals surface area contributed by atoms with Crippen LogP contribution in [0.15, 0.2) is 44.4 Å². The van der Waals surface area contributed by atoms with Crippen LogP contribution in [-0.2, 0) is 16.1 Å². The van der Waals surface area contributed by atoms with E-state index in [9.17, 15) is 4.79 Å². The zero-order valence-electron chi connectivity index (χ0n) is 12.1. The van der Waals surface area contributed by atoms with Crippen LogP contribution in [0, 0.1) is 0 Å². The van der Waals surface area contributed by atoms with Crippen LogP contribution in [0.1, 0.15) is 5.89 Å². The van der Waals surface area contributed by atoms with Crippen LogP contribution < -0.4 is 0 Å². The fourth-order valence-corrected chi connectivity index (χ4v) is 3.66. The Morgan fingerprint density at radius 3 is 3.00 bits per heavy atom. The summed E-state index contributed by atoms with van der Waals surface area (Å²) in [7, 11) is 0. The molecular weight excluding hydrogens is 391 g/mol. The summed E-state index contributed by atoms with van der Waals surface area (Å²) in [4.78, 5) is 16.7. The molecule has 2 aromatic heterocycles. The molecule has 124 valence electrons. The molecule has 3 rings (SSSR count). The van der Waals surface area contributed by atoms with Gasteiger partial charge in [0.2, 0.25) is 5.82 Å². The number of hydrogen-bond donors (Lipinski definition) is 0. The molecule has 5 nitrogen and oxygen atoms in total. The van der Waals surface area contributed by atoms with Gasteiger partial charge < -0.3 is 9.26 Å². The van der Waals surface area contributed by atoms with Crippen LogP contribution in [0.4, 0.5) is 0 Å². The molecule has 0 amide bonds. The van der Waals surface area contributed by atoms with Crippen molar-refractivity contribution >= 4 is 52.3 Å². The number of rotatable bonds is 6. The van der Waals surface area contributed by atoms with Gasteiger partial charge in [-0.1, -0.05) is 28.4 Å². The SMILES string of the molecule is O=C(CSc1cc(Cl)ccc1Cl)OCc1nc(-c2ccsc2)no1. The van der Waals surface area contributed by atoms with E-state index in [-0.39, 0.29) is 18.3 Å². The topological polar surface area (TPSA) is 65.2 Å². The Labute approximate surface area is 155 Å². The number of thioether (sulfide) groups is 1. The van der Waals surface area contributed by atoms with Crippen molar-refractivity contribution in [2.24, 2.45) is 0 Å². The number of aromatic nitrogens is 2. The number of nitrogens with zero attached hydrogens (tertiary/aromatic N) is 2. The first kappa shape index (κ1) is 17.3. The quantitative estimate of drug-likeness (QED) is 0.431. The van der Waals surface area contributed by atoms with Crippen molar-refractivity contribution in [1.82, 2.24) is 10.1 Å². The Hall–Kier alpha value is -1.54. The summed E-state index contributed by atoms with van der Waals surface area (Å²) in [5, 5.41) is 8.77. The van der Waals surface area contributed by atoms with Crippen LogP contribution in [0.3, 0.4) is 0 Å². The second-order valence-corrected chi connectivity index (χ2v) is 7.19. The van der Waals surface area contributed by atoms with Crippen LogP contribution in [0.25, 0.3) is 11.4 Å². The van der Waals surface area contributed by atoms with Gasteiger partial charge in [0.05, 0.1) is 10.8 Å². The fraction of sp³-hybridized carbons (Fsp3) is 0.133. The minimum absolute atomic E-state index is 0.0696. The monoisotopic (exact) mass is 400 g/mol. The highest BCUT2D eigenvalue weighted by Crippen LogP contribution is 2.29. The highest BCUT2D eigenvalue weighted by Gasteiger charge is 2.12. The molecule has 0 bridgehead atoms. The molecule has 2 heterocycles. The summed E-state index contributed by atoms with van der Waals surface area (Å²) in [5.74, 6) is 0.412. The molecule has 3 aromatic rings. The Kier molecular flexibility index (Phi) is 5.78. The summed E-state index contributed by atoms with van der Waals surface area (Å²) in [5.41, 5.74) is 0.868. The summed E-state index contributed by atoms with van der Waals surface area (Å²) in [6, 6.07) is 6.96. The number of thiophene rings is 1. The minimum atomic E-state index is -0.411. The Balaban J connectivity index is 1.50. The zero-order valence-corrected chi connectivity index (χ0v) is 15.2. The lowest BCUT2D eigenvalue weighted by Gasteiger charge is -2.04. The van der Waals surface area contributed by atoms with E-state index in [1.165, 1.54) is 23.1 Å². The highest BCUT2D eigenvalue weighted by molar-refractivity contribution is 8.00. The highest BCUT2D eigenvalue weighted by atomic mass is 35.5. The lowest BCUT2D eigenvalue weighted by Crippen LogP contribution is -2.07. The lowest BCUT2D eigenvalue weighted by atomic mass is 10.3. The molecule has 0 radical (unpaired) electrons. The van der Waals surface area contributed by atoms with E-state index >= 15 is 0 Å². The third-order valence-electron chi connectivity index (χ3n) is 2.84. The van der Waals surface area contributed by atoms with Gasteiger partial charge in [0.1, 0.15) is 0 Å². The fourth-order valence-electron chi connectivity index (χ4n) is 1.73. The molecular formula is C15H10Cl2N2O3S2. The van der Waals surface area contributed by atoms with Crippen LogP contribution in [0.2, 0.25) is 10.0 Å². The predicted molar refractivity (Wildman–Crippen MR) is 94.6 cm³/mol. The average Bonchev–Trinajstić information content (AvgIpc) is 3.24. The molecule has 24 heavy (non-hydrogen) atoms. The lowest BCUT2D eigenvalue weighted by molar-refractivity contribution is -0.142. The maximum atomic E-state index is 11.8. The Morgan fingerprint density at radius 1 is 1.33 bits per heavy atom. The number of esters is 1. The third-order valence-corrected chi connectivity index (χ3v) is 5.23. The van der Waals surface area contributed by atoms with E-state index in [2.05, 4.69) is 10.1 Å². The molecule has 1 aromatic carbocycles. The summed E-state index contributed by atoms with van der Waals surface area (Å²) in [6.07, 6.45) is 0. The molecule has 0 fully saturated rings. The van der Waals surface area contributed by atoms with Gasteiger partial charge >= 0.3 is 5.97 Å². The van der Waals surface area contributed by atoms with Crippen molar-refractivity contribution in [1.29, 1.82) is 0 Å². The molecule has 0 unspecified atom stereocenters. The average molecular weight is 401 g/mol. The van der Waals surface area contributed by atoms with E-state index in [0.717, 1.165) is 10.5 Å². The van der Waals surface area contributed by atoms with Crippen molar-refractivity contribution in [2.45, 2.75) is 11.5 Å². The molecule has 0 saturated heterocycles. The summed E-state index contributed by atoms with van der Waals surface area (Å²) >= 11 is 14.7. The van der Waals surface area contributed by atoms with Gasteiger partial charge in [-0.05, 0) is 29.6 Å². The first-order valence-electron chi connectivity index (χ1n) is 6.70. The smallest absolute Gasteiger partial charge is 0.316 e. The number of carbonyl (C=O) groups excluding carboxylic acids is 1. The van der Waals surface area contributed by atoms with Crippen molar-refractivity contribution in [3.05, 3.63) is 51.0 Å². The number of hydrogen-bond acceptors (Lipinski definition) is 7. The van der Waals surface area contributed by atoms with Gasteiger partial charge in [0.25, 0.3) is 5.89 Å². The molecule has 9 heteroatoms. The second kappa shape index (κ2) is 8.02. The normalized spacial score (nSPS) is 10.8. The van der Waals surface area contributed by atoms with E-state index < -0.39 is 5.97 Å². The zero-order chi connectivity index (χ0) is 16.9. The van der Waals surface area contributed by atoms with Crippen molar-refractivity contribution in [3.63, 3.8) is 0 Å². The number of benzene rings is 1. The Bertz CT molecular complexity index is 837. The molecule has 0 aliphatic rings. The van der Waals surface area contributed by atoms with E-state index in [0.29, 0.717) is 15.9 Å². The second-order valence-electron chi connectivity index (χ2n) is 4.55. The predicted octanol–water partition coefficient (Wildman–Crippen LogP) is 4.94. The van der Waals surface area contributed by atoms with Crippen molar-refractivity contribution in [2.75, 3.05) is 5.75 Å². The van der Waals surface area contributed by atoms with Gasteiger partial charge in [-0.2, -0.15) is 16.3 Å². The van der Waals surface area contributed by atoms with E-state index in [1.54, 1.807) is 18.2 Å². The minimum Gasteiger partial charge on any atom is -0.455 e. The van der Waals surface area contributed by atoms with Gasteiger partial charge in [-0.15, -0.1) is 11.8 Å². The number of carbonyl (C=O) groups is 1. The molecule has 0 aliphatic carbocycles. The first-order valence-corrected chi connectivity index (χ1v) is 9.39. The van der Waals surface area contributed by atoms with Gasteiger partial charge in [0.15, 0.2) is 6.61 Å². The molecule has 0 spiro atoms. The summed E-state index contributed by atoms with van der Waals surface area (Å²) in [6.45, 7) is -0.0696. The largest absolute Gasteiger partial charge is 0.455 e. The maximum absolute atomic E-state index is 11.8. The molecule has 0 atom stereocenters. The molecule has 0 N–H and O–H groups in total. The van der Waals surface area contributed by atoms with E-state index in [1.807, 2.05) is 16.8 Å². The Morgan fingerprint density at radius 2 is 2.21 bits per heavy atom. The number of halogens is 2. The number of ether oxygens (including phenoxy) is 1. The summed E-state index contributed by atoms with van der Waals surface area (Å²) < 4.78 is 10.2. The molecule has 0 saturated carbocycles. The van der Waals surface area contributed by atoms with Gasteiger partial charge in [-0.25, -0.2) is 0 Å². The van der Waals surface area contributed by atoms with Gasteiger partial charge in [0, 0.05) is 20.9 Å². The van der Waals surface area contributed by atoms with Crippen molar-refractivity contribution in [3.8, 4) is 11.4 Å². The third kappa shape index (κ3) is 4.51.